The van der Waals surface area contributed by atoms with Gasteiger partial charge in [0.15, 0.2) is 0 Å². The maximum atomic E-state index is 14.0. The van der Waals surface area contributed by atoms with Crippen LogP contribution in [0, 0.1) is 5.82 Å². The van der Waals surface area contributed by atoms with E-state index in [2.05, 4.69) is 10.3 Å². The van der Waals surface area contributed by atoms with Crippen LogP contribution in [0.2, 0.25) is 5.02 Å². The second kappa shape index (κ2) is 7.98. The van der Waals surface area contributed by atoms with Crippen LogP contribution in [0.4, 0.5) is 4.39 Å². The third kappa shape index (κ3) is 3.89. The summed E-state index contributed by atoms with van der Waals surface area (Å²) in [4.78, 5) is 4.08. The fourth-order valence-corrected chi connectivity index (χ4v) is 4.70. The summed E-state index contributed by atoms with van der Waals surface area (Å²) in [5.74, 6) is -0.524. The van der Waals surface area contributed by atoms with Crippen LogP contribution in [0.1, 0.15) is 17.2 Å². The molecule has 0 spiro atoms. The van der Waals surface area contributed by atoms with Crippen molar-refractivity contribution in [3.8, 4) is 0 Å². The molecule has 2 heterocycles. The molecule has 1 aliphatic heterocycles. The zero-order valence-electron chi connectivity index (χ0n) is 14.3. The fourth-order valence-electron chi connectivity index (χ4n) is 2.99. The molecule has 0 radical (unpaired) electrons. The average Bonchev–Trinajstić information content (AvgIpc) is 2.65. The van der Waals surface area contributed by atoms with Crippen LogP contribution >= 0.6 is 11.6 Å². The summed E-state index contributed by atoms with van der Waals surface area (Å²) in [6.45, 7) is 1.21. The van der Waals surface area contributed by atoms with Gasteiger partial charge in [0.1, 0.15) is 5.82 Å². The van der Waals surface area contributed by atoms with E-state index in [4.69, 9.17) is 11.6 Å². The molecule has 26 heavy (non-hydrogen) atoms. The van der Waals surface area contributed by atoms with Crippen LogP contribution in [0.5, 0.6) is 0 Å². The SMILES string of the molecule is CN(Cc1c(F)cccc1Cl)S(=O)(=O)N1CCNCC1c1cccnc1. The molecule has 1 atom stereocenters. The van der Waals surface area contributed by atoms with E-state index >= 15 is 0 Å². The molecular weight excluding hydrogens is 379 g/mol. The molecule has 1 aromatic heterocycles. The summed E-state index contributed by atoms with van der Waals surface area (Å²) in [6, 6.07) is 7.55. The normalized spacial score (nSPS) is 19.0. The predicted octanol–water partition coefficient (Wildman–Crippen LogP) is 2.20. The number of pyridine rings is 1. The zero-order valence-corrected chi connectivity index (χ0v) is 15.8. The molecule has 0 aliphatic carbocycles. The maximum absolute atomic E-state index is 14.0. The molecule has 140 valence electrons. The highest BCUT2D eigenvalue weighted by Gasteiger charge is 2.36. The van der Waals surface area contributed by atoms with Crippen molar-refractivity contribution in [2.24, 2.45) is 0 Å². The molecule has 0 amide bonds. The van der Waals surface area contributed by atoms with Gasteiger partial charge in [-0.2, -0.15) is 17.0 Å². The number of aromatic nitrogens is 1. The first-order chi connectivity index (χ1) is 12.4. The van der Waals surface area contributed by atoms with Gasteiger partial charge in [-0.3, -0.25) is 4.98 Å². The largest absolute Gasteiger partial charge is 0.313 e. The molecule has 1 saturated heterocycles. The van der Waals surface area contributed by atoms with Gasteiger partial charge in [-0.05, 0) is 23.8 Å². The predicted molar refractivity (Wildman–Crippen MR) is 98.4 cm³/mol. The van der Waals surface area contributed by atoms with Crippen LogP contribution in [0.15, 0.2) is 42.7 Å². The standard InChI is InChI=1S/C17H20ClFN4O2S/c1-22(12-14-15(18)5-2-6-16(14)19)26(24,25)23-9-8-21-11-17(23)13-4-3-7-20-10-13/h2-7,10,17,21H,8-9,11-12H2,1H3. The molecule has 6 nitrogen and oxygen atoms in total. The third-order valence-electron chi connectivity index (χ3n) is 4.40. The first-order valence-electron chi connectivity index (χ1n) is 8.18. The number of nitrogens with one attached hydrogen (secondary N) is 1. The number of halogens is 2. The summed E-state index contributed by atoms with van der Waals surface area (Å²) in [5, 5.41) is 3.41. The Hall–Kier alpha value is -1.58. The molecule has 1 aromatic carbocycles. The molecule has 1 N–H and O–H groups in total. The van der Waals surface area contributed by atoms with Crippen molar-refractivity contribution in [2.45, 2.75) is 12.6 Å². The van der Waals surface area contributed by atoms with Crippen molar-refractivity contribution in [1.82, 2.24) is 18.9 Å². The Kier molecular flexibility index (Phi) is 5.89. The first-order valence-corrected chi connectivity index (χ1v) is 9.95. The summed E-state index contributed by atoms with van der Waals surface area (Å²) >= 11 is 6.04. The van der Waals surface area contributed by atoms with E-state index in [1.807, 2.05) is 6.07 Å². The molecule has 0 saturated carbocycles. The second-order valence-corrected chi connectivity index (χ2v) is 8.48. The highest BCUT2D eigenvalue weighted by Crippen LogP contribution is 2.28. The van der Waals surface area contributed by atoms with Gasteiger partial charge in [0.05, 0.1) is 6.04 Å². The minimum absolute atomic E-state index is 0.141. The highest BCUT2D eigenvalue weighted by molar-refractivity contribution is 7.86. The Morgan fingerprint density at radius 1 is 1.38 bits per heavy atom. The number of nitrogens with zero attached hydrogens (tertiary/aromatic N) is 3. The number of hydrogen-bond acceptors (Lipinski definition) is 4. The van der Waals surface area contributed by atoms with Crippen LogP contribution in [0.25, 0.3) is 0 Å². The van der Waals surface area contributed by atoms with Crippen molar-refractivity contribution in [3.63, 3.8) is 0 Å². The molecule has 1 fully saturated rings. The van der Waals surface area contributed by atoms with E-state index in [9.17, 15) is 12.8 Å². The van der Waals surface area contributed by atoms with Gasteiger partial charge in [-0.25, -0.2) is 4.39 Å². The van der Waals surface area contributed by atoms with E-state index in [1.165, 1.54) is 23.5 Å². The lowest BCUT2D eigenvalue weighted by molar-refractivity contribution is 0.251. The topological polar surface area (TPSA) is 65.5 Å². The van der Waals surface area contributed by atoms with Crippen molar-refractivity contribution in [1.29, 1.82) is 0 Å². The summed E-state index contributed by atoms with van der Waals surface area (Å²) in [7, 11) is -2.39. The van der Waals surface area contributed by atoms with Gasteiger partial charge in [-0.1, -0.05) is 23.7 Å². The van der Waals surface area contributed by atoms with Crippen LogP contribution in [-0.4, -0.2) is 48.7 Å². The lowest BCUT2D eigenvalue weighted by Crippen LogP contribution is -2.52. The number of benzene rings is 1. The van der Waals surface area contributed by atoms with Gasteiger partial charge in [0.25, 0.3) is 10.2 Å². The minimum Gasteiger partial charge on any atom is -0.313 e. The van der Waals surface area contributed by atoms with Crippen molar-refractivity contribution >= 4 is 21.8 Å². The number of piperazine rings is 1. The Labute approximate surface area is 157 Å². The summed E-state index contributed by atoms with van der Waals surface area (Å²) in [6.07, 6.45) is 3.30. The van der Waals surface area contributed by atoms with Crippen molar-refractivity contribution in [3.05, 3.63) is 64.7 Å². The van der Waals surface area contributed by atoms with E-state index in [0.29, 0.717) is 19.6 Å². The summed E-state index contributed by atoms with van der Waals surface area (Å²) in [5.41, 5.74) is 0.967. The molecule has 1 aliphatic rings. The van der Waals surface area contributed by atoms with Gasteiger partial charge < -0.3 is 5.32 Å². The van der Waals surface area contributed by atoms with Crippen molar-refractivity contribution in [2.75, 3.05) is 26.7 Å². The number of rotatable bonds is 5. The first kappa shape index (κ1) is 19.2. The average molecular weight is 399 g/mol. The lowest BCUT2D eigenvalue weighted by Gasteiger charge is -2.37. The third-order valence-corrected chi connectivity index (χ3v) is 6.70. The Morgan fingerprint density at radius 2 is 2.19 bits per heavy atom. The molecule has 1 unspecified atom stereocenters. The monoisotopic (exact) mass is 398 g/mol. The second-order valence-electron chi connectivity index (χ2n) is 6.08. The van der Waals surface area contributed by atoms with Gasteiger partial charge >= 0.3 is 0 Å². The molecule has 0 bridgehead atoms. The summed E-state index contributed by atoms with van der Waals surface area (Å²) < 4.78 is 42.9. The van der Waals surface area contributed by atoms with Crippen LogP contribution in [-0.2, 0) is 16.8 Å². The van der Waals surface area contributed by atoms with Gasteiger partial charge in [0.2, 0.25) is 0 Å². The lowest BCUT2D eigenvalue weighted by atomic mass is 10.1. The molecule has 9 heteroatoms. The Bertz CT molecular complexity index is 846. The van der Waals surface area contributed by atoms with Crippen LogP contribution in [0.3, 0.4) is 0 Å². The molecule has 2 aromatic rings. The minimum atomic E-state index is -3.82. The van der Waals surface area contributed by atoms with E-state index in [1.54, 1.807) is 24.5 Å². The smallest absolute Gasteiger partial charge is 0.282 e. The quantitative estimate of drug-likeness (QED) is 0.838. The van der Waals surface area contributed by atoms with Crippen molar-refractivity contribution < 1.29 is 12.8 Å². The van der Waals surface area contributed by atoms with E-state index in [0.717, 1.165) is 9.87 Å². The highest BCUT2D eigenvalue weighted by atomic mass is 35.5. The zero-order chi connectivity index (χ0) is 18.7. The van der Waals surface area contributed by atoms with E-state index < -0.39 is 16.0 Å². The molecular formula is C17H20ClFN4O2S. The number of hydrogen-bond donors (Lipinski definition) is 1. The Morgan fingerprint density at radius 3 is 2.88 bits per heavy atom. The van der Waals surface area contributed by atoms with Crippen LogP contribution < -0.4 is 5.32 Å². The molecule has 3 rings (SSSR count). The Balaban J connectivity index is 1.87. The van der Waals surface area contributed by atoms with E-state index in [-0.39, 0.29) is 23.2 Å². The maximum Gasteiger partial charge on any atom is 0.282 e. The fraction of sp³-hybridized carbons (Fsp3) is 0.353. The van der Waals surface area contributed by atoms with Gasteiger partial charge in [-0.15, -0.1) is 0 Å². The van der Waals surface area contributed by atoms with Gasteiger partial charge in [0, 0.05) is 56.2 Å².